The number of unbranched alkanes of at least 4 members (excludes halogenated alkanes) is 5. The number of carbonyl (C=O) groups is 5. The van der Waals surface area contributed by atoms with Crippen molar-refractivity contribution in [2.45, 2.75) is 136 Å². The fraction of sp³-hybridized carbons (Fsp3) is 0.508. The summed E-state index contributed by atoms with van der Waals surface area (Å²) in [7, 11) is 0. The summed E-state index contributed by atoms with van der Waals surface area (Å²) >= 11 is 7.58. The SMILES string of the molecule is C=CC(=O)Nc1cc2c(Nc3ccc(F)c(Cl)c3)ncnc2cc1OCCCN1CCC(N2CCN(C(=O)CCCCCCCCC(=O)NC(C(=O)N3C[C@H](O)CC3C(=O)NCc3ccc(-c4scnc4C)cc3)C(C)(C)C)CC2)CC1. The highest BCUT2D eigenvalue weighted by Crippen LogP contribution is 2.35. The molecule has 3 aliphatic rings. The number of amides is 5. The number of piperidine rings is 1. The molecule has 5 N–H and O–H groups in total. The van der Waals surface area contributed by atoms with E-state index < -0.39 is 35.3 Å². The summed E-state index contributed by atoms with van der Waals surface area (Å²) in [5.41, 5.74) is 5.70. The summed E-state index contributed by atoms with van der Waals surface area (Å²) in [4.78, 5) is 89.2. The van der Waals surface area contributed by atoms with Crippen molar-refractivity contribution in [3.05, 3.63) is 101 Å². The number of piperazine rings is 1. The Morgan fingerprint density at radius 3 is 2.30 bits per heavy atom. The molecule has 3 saturated heterocycles. The second-order valence-corrected chi connectivity index (χ2v) is 24.1. The van der Waals surface area contributed by atoms with E-state index >= 15 is 0 Å². The van der Waals surface area contributed by atoms with Crippen LogP contribution in [0.3, 0.4) is 0 Å². The molecule has 0 aliphatic carbocycles. The third kappa shape index (κ3) is 16.8. The molecule has 3 fully saturated rings. The van der Waals surface area contributed by atoms with Crippen molar-refractivity contribution < 1.29 is 38.2 Å². The van der Waals surface area contributed by atoms with Gasteiger partial charge in [-0.15, -0.1) is 11.3 Å². The van der Waals surface area contributed by atoms with Crippen molar-refractivity contribution in [1.82, 2.24) is 45.2 Å². The zero-order chi connectivity index (χ0) is 58.3. The number of ether oxygens (including phenoxy) is 1. The summed E-state index contributed by atoms with van der Waals surface area (Å²) in [5, 5.41) is 23.2. The zero-order valence-corrected chi connectivity index (χ0v) is 49.3. The number of aliphatic hydroxyl groups excluding tert-OH is 1. The number of nitrogens with one attached hydrogen (secondary N) is 4. The normalized spacial score (nSPS) is 17.6. The topological polar surface area (TPSA) is 215 Å². The number of fused-ring (bicyclic) bond motifs is 1. The molecule has 3 aliphatic heterocycles. The maximum Gasteiger partial charge on any atom is 0.247 e. The van der Waals surface area contributed by atoms with Crippen molar-refractivity contribution in [2.24, 2.45) is 5.41 Å². The number of thiazole rings is 1. The lowest BCUT2D eigenvalue weighted by atomic mass is 9.85. The number of aliphatic hydroxyl groups is 1. The Morgan fingerprint density at radius 1 is 0.902 bits per heavy atom. The third-order valence-corrected chi connectivity index (χ3v) is 17.0. The predicted molar refractivity (Wildman–Crippen MR) is 319 cm³/mol. The van der Waals surface area contributed by atoms with Gasteiger partial charge in [0.15, 0.2) is 0 Å². The number of aryl methyl sites for hydroxylation is 1. The van der Waals surface area contributed by atoms with E-state index in [2.05, 4.69) is 52.6 Å². The Labute approximate surface area is 489 Å². The van der Waals surface area contributed by atoms with E-state index in [9.17, 15) is 33.5 Å². The van der Waals surface area contributed by atoms with Gasteiger partial charge in [0.05, 0.1) is 45.0 Å². The Bertz CT molecular complexity index is 3010. The molecule has 18 nitrogen and oxygen atoms in total. The monoisotopic (exact) mass is 1160 g/mol. The van der Waals surface area contributed by atoms with Crippen LogP contribution in [0.15, 0.2) is 79.1 Å². The second kappa shape index (κ2) is 29.1. The van der Waals surface area contributed by atoms with E-state index in [0.717, 1.165) is 119 Å². The van der Waals surface area contributed by atoms with Gasteiger partial charge in [-0.05, 0) is 99.0 Å². The smallest absolute Gasteiger partial charge is 0.247 e. The van der Waals surface area contributed by atoms with Gasteiger partial charge in [0, 0.05) is 88.3 Å². The van der Waals surface area contributed by atoms with Crippen LogP contribution in [-0.4, -0.2) is 152 Å². The Kier molecular flexibility index (Phi) is 21.8. The van der Waals surface area contributed by atoms with E-state index in [1.54, 1.807) is 29.5 Å². The number of β-amino-alcohol motifs (C(OH)–C–C–N with tert-alkyl or cyclic N) is 1. The number of anilines is 3. The minimum absolute atomic E-state index is 0.0199. The molecule has 0 radical (unpaired) electrons. The molecule has 2 aromatic heterocycles. The van der Waals surface area contributed by atoms with Gasteiger partial charge in [-0.25, -0.2) is 19.3 Å². The van der Waals surface area contributed by atoms with Crippen molar-refractivity contribution in [2.75, 3.05) is 69.6 Å². The number of hydrogen-bond acceptors (Lipinski definition) is 14. The fourth-order valence-electron chi connectivity index (χ4n) is 11.1. The van der Waals surface area contributed by atoms with Crippen LogP contribution in [-0.2, 0) is 30.5 Å². The van der Waals surface area contributed by atoms with Crippen LogP contribution < -0.4 is 26.0 Å². The van der Waals surface area contributed by atoms with Gasteiger partial charge in [0.2, 0.25) is 29.5 Å². The molecule has 2 unspecified atom stereocenters. The van der Waals surface area contributed by atoms with Gasteiger partial charge in [0.1, 0.15) is 35.8 Å². The molecule has 82 heavy (non-hydrogen) atoms. The Balaban J connectivity index is 0.674. The number of nitrogens with zero attached hydrogens (tertiary/aromatic N) is 7. The van der Waals surface area contributed by atoms with Gasteiger partial charge in [0.25, 0.3) is 0 Å². The van der Waals surface area contributed by atoms with Crippen molar-refractivity contribution in [1.29, 1.82) is 0 Å². The number of aromatic nitrogens is 3. The molecule has 5 heterocycles. The molecule has 5 aromatic rings. The highest BCUT2D eigenvalue weighted by atomic mass is 35.5. The minimum atomic E-state index is -0.871. The molecule has 0 bridgehead atoms. The molecule has 21 heteroatoms. The molecule has 8 rings (SSSR count). The first-order valence-corrected chi connectivity index (χ1v) is 30.1. The number of hydrogen-bond donors (Lipinski definition) is 5. The average molecular weight is 1160 g/mol. The highest BCUT2D eigenvalue weighted by molar-refractivity contribution is 7.13. The lowest BCUT2D eigenvalue weighted by molar-refractivity contribution is -0.144. The minimum Gasteiger partial charge on any atom is -0.491 e. The lowest BCUT2D eigenvalue weighted by Crippen LogP contribution is -2.57. The fourth-order valence-corrected chi connectivity index (χ4v) is 12.0. The molecule has 5 amide bonds. The van der Waals surface area contributed by atoms with Crippen molar-refractivity contribution in [3.63, 3.8) is 0 Å². The van der Waals surface area contributed by atoms with Gasteiger partial charge in [-0.2, -0.15) is 0 Å². The van der Waals surface area contributed by atoms with Crippen molar-refractivity contribution in [3.8, 4) is 16.2 Å². The van der Waals surface area contributed by atoms with Crippen LogP contribution in [0.1, 0.15) is 109 Å². The zero-order valence-electron chi connectivity index (χ0n) is 47.7. The van der Waals surface area contributed by atoms with Crippen LogP contribution in [0.5, 0.6) is 5.75 Å². The lowest BCUT2D eigenvalue weighted by Gasteiger charge is -2.42. The third-order valence-electron chi connectivity index (χ3n) is 15.7. The predicted octanol–water partition coefficient (Wildman–Crippen LogP) is 9.03. The number of carbonyl (C=O) groups excluding carboxylic acids is 5. The number of benzene rings is 3. The second-order valence-electron chi connectivity index (χ2n) is 22.8. The molecule has 3 atom stereocenters. The van der Waals surface area contributed by atoms with E-state index in [-0.39, 0.29) is 54.6 Å². The molecule has 0 spiro atoms. The van der Waals surface area contributed by atoms with E-state index in [0.29, 0.717) is 59.3 Å². The van der Waals surface area contributed by atoms with Crippen LogP contribution in [0, 0.1) is 18.2 Å². The van der Waals surface area contributed by atoms with Crippen LogP contribution >= 0.6 is 22.9 Å². The Hall–Kier alpha value is -6.58. The van der Waals surface area contributed by atoms with Crippen LogP contribution in [0.25, 0.3) is 21.3 Å². The van der Waals surface area contributed by atoms with E-state index in [1.807, 2.05) is 62.4 Å². The standard InChI is InChI=1S/C61H79ClFN11O7S/c1-6-53(76)69-50-34-46-49(65-38-66-58(46)68-43-20-21-48(63)47(62)32-43)35-52(50)81-31-13-24-71-25-22-44(23-26-71)72-27-29-73(30-28-72)55(78)15-12-10-8-7-9-11-14-54(77)70-57(61(3,4)5)60(80)74-37-45(75)33-51(74)59(79)64-36-41-16-18-42(19-17-41)56-40(2)67-39-82-56/h6,16-21,32,34-35,38-39,44-45,51,57,75H,1,7-15,22-31,33,36-37H2,2-5H3,(H,64,79)(H,69,76)(H,70,77)(H,65,66,68)/t45-,51?,57?/m1/s1. The Morgan fingerprint density at radius 2 is 1.62 bits per heavy atom. The maximum atomic E-state index is 14.1. The summed E-state index contributed by atoms with van der Waals surface area (Å²) in [5.74, 6) is -0.707. The van der Waals surface area contributed by atoms with E-state index in [1.165, 1.54) is 29.4 Å². The van der Waals surface area contributed by atoms with Gasteiger partial charge in [-0.3, -0.25) is 28.9 Å². The van der Waals surface area contributed by atoms with Gasteiger partial charge in [-0.1, -0.05) is 88.9 Å². The number of likely N-dealkylation sites (tertiary alicyclic amines) is 2. The summed E-state index contributed by atoms with van der Waals surface area (Å²) in [6.45, 7) is 18.0. The van der Waals surface area contributed by atoms with Crippen LogP contribution in [0.4, 0.5) is 21.6 Å². The van der Waals surface area contributed by atoms with E-state index in [4.69, 9.17) is 16.3 Å². The molecule has 0 saturated carbocycles. The van der Waals surface area contributed by atoms with Crippen molar-refractivity contribution >= 4 is 80.6 Å². The van der Waals surface area contributed by atoms with Crippen LogP contribution in [0.2, 0.25) is 5.02 Å². The highest BCUT2D eigenvalue weighted by Gasteiger charge is 2.44. The molecular formula is C61H79ClFN11O7S. The average Bonchev–Trinajstić information content (AvgIpc) is 4.14. The molecule has 3 aromatic carbocycles. The first-order valence-electron chi connectivity index (χ1n) is 28.8. The van der Waals surface area contributed by atoms with Gasteiger partial charge >= 0.3 is 0 Å². The largest absolute Gasteiger partial charge is 0.491 e. The maximum absolute atomic E-state index is 14.1. The molecule has 440 valence electrons. The number of rotatable bonds is 25. The van der Waals surface area contributed by atoms with Gasteiger partial charge < -0.3 is 45.8 Å². The number of halogens is 2. The first kappa shape index (κ1) is 61.5. The first-order chi connectivity index (χ1) is 39.4. The summed E-state index contributed by atoms with van der Waals surface area (Å²) in [6.07, 6.45) is 10.9. The molecular weight excluding hydrogens is 1090 g/mol. The quantitative estimate of drug-likeness (QED) is 0.0273. The summed E-state index contributed by atoms with van der Waals surface area (Å²) in [6, 6.07) is 14.5. The summed E-state index contributed by atoms with van der Waals surface area (Å²) < 4.78 is 20.0.